The minimum atomic E-state index is -0.200. The molecule has 0 fully saturated rings. The van der Waals surface area contributed by atoms with E-state index in [9.17, 15) is 0 Å². The van der Waals surface area contributed by atoms with Crippen LogP contribution in [0.5, 0.6) is 5.75 Å². The summed E-state index contributed by atoms with van der Waals surface area (Å²) in [6.07, 6.45) is 0.593. The molecule has 0 unspecified atom stereocenters. The third-order valence-corrected chi connectivity index (χ3v) is 4.47. The van der Waals surface area contributed by atoms with Crippen molar-refractivity contribution in [3.63, 3.8) is 0 Å². The summed E-state index contributed by atoms with van der Waals surface area (Å²) >= 11 is 6.36. The van der Waals surface area contributed by atoms with E-state index in [0.29, 0.717) is 28.9 Å². The van der Waals surface area contributed by atoms with E-state index in [-0.39, 0.29) is 11.4 Å². The Morgan fingerprint density at radius 2 is 1.80 bits per heavy atom. The summed E-state index contributed by atoms with van der Waals surface area (Å²) in [6.45, 7) is 10.5. The largest absolute Gasteiger partial charge is 0.495 e. The molecule has 2 rings (SSSR count). The molecule has 1 aromatic heterocycles. The topological polar surface area (TPSA) is 87.0 Å². The molecule has 0 bridgehead atoms. The van der Waals surface area contributed by atoms with Gasteiger partial charge in [0.2, 0.25) is 5.95 Å². The van der Waals surface area contributed by atoms with Crippen LogP contribution in [0.1, 0.15) is 62.9 Å². The number of anilines is 2. The van der Waals surface area contributed by atoms with E-state index in [1.165, 1.54) is 0 Å². The van der Waals surface area contributed by atoms with E-state index in [0.717, 1.165) is 22.4 Å². The van der Waals surface area contributed by atoms with E-state index < -0.39 is 0 Å². The van der Waals surface area contributed by atoms with Crippen molar-refractivity contribution in [1.82, 2.24) is 9.97 Å². The Kier molecular flexibility index (Phi) is 5.47. The molecular weight excluding hydrogens is 336 g/mol. The number of nitrogens with zero attached hydrogens (tertiary/aromatic N) is 2. The van der Waals surface area contributed by atoms with Crippen LogP contribution in [0.2, 0.25) is 5.02 Å². The maximum atomic E-state index is 6.36. The summed E-state index contributed by atoms with van der Waals surface area (Å²) in [5.41, 5.74) is 15.8. The molecule has 2 aromatic rings. The van der Waals surface area contributed by atoms with Crippen molar-refractivity contribution in [3.05, 3.63) is 39.5 Å². The Bertz CT molecular complexity index is 782. The molecule has 0 spiro atoms. The molecule has 0 aliphatic heterocycles. The lowest BCUT2D eigenvalue weighted by molar-refractivity contribution is 0.414. The highest BCUT2D eigenvalue weighted by atomic mass is 35.5. The predicted octanol–water partition coefficient (Wildman–Crippen LogP) is 4.31. The van der Waals surface area contributed by atoms with Crippen LogP contribution in [0.3, 0.4) is 0 Å². The lowest BCUT2D eigenvalue weighted by Gasteiger charge is -2.24. The lowest BCUT2D eigenvalue weighted by Crippen LogP contribution is -2.21. The molecule has 1 aromatic carbocycles. The smallest absolute Gasteiger partial charge is 0.222 e. The van der Waals surface area contributed by atoms with Crippen LogP contribution < -0.4 is 16.2 Å². The van der Waals surface area contributed by atoms with Crippen molar-refractivity contribution in [1.29, 1.82) is 0 Å². The number of ether oxygens (including phenoxy) is 1. The van der Waals surface area contributed by atoms with Crippen LogP contribution in [-0.2, 0) is 11.8 Å². The highest BCUT2D eigenvalue weighted by Crippen LogP contribution is 2.35. The number of nitrogen functional groups attached to an aromatic ring is 2. The van der Waals surface area contributed by atoms with Crippen LogP contribution >= 0.6 is 11.6 Å². The van der Waals surface area contributed by atoms with Crippen molar-refractivity contribution in [3.8, 4) is 5.75 Å². The quantitative estimate of drug-likeness (QED) is 0.845. The van der Waals surface area contributed by atoms with Crippen LogP contribution in [0, 0.1) is 0 Å². The summed E-state index contributed by atoms with van der Waals surface area (Å²) in [6, 6.07) is 3.94. The average molecular weight is 363 g/mol. The SMILES string of the molecule is COc1cc(C(C)C)c(Cc2c(N)nc(N)nc2C(C)(C)C)cc1Cl. The summed E-state index contributed by atoms with van der Waals surface area (Å²) in [7, 11) is 1.62. The van der Waals surface area contributed by atoms with Crippen molar-refractivity contribution in [2.24, 2.45) is 0 Å². The van der Waals surface area contributed by atoms with Gasteiger partial charge >= 0.3 is 0 Å². The van der Waals surface area contributed by atoms with Gasteiger partial charge < -0.3 is 16.2 Å². The molecule has 1 heterocycles. The van der Waals surface area contributed by atoms with Crippen molar-refractivity contribution < 1.29 is 4.74 Å². The van der Waals surface area contributed by atoms with Gasteiger partial charge in [0.25, 0.3) is 0 Å². The number of hydrogen-bond donors (Lipinski definition) is 2. The van der Waals surface area contributed by atoms with Crippen molar-refractivity contribution >= 4 is 23.4 Å². The van der Waals surface area contributed by atoms with Gasteiger partial charge in [-0.05, 0) is 29.2 Å². The molecule has 4 N–H and O–H groups in total. The number of methoxy groups -OCH3 is 1. The monoisotopic (exact) mass is 362 g/mol. The maximum Gasteiger partial charge on any atom is 0.222 e. The summed E-state index contributed by atoms with van der Waals surface area (Å²) in [5.74, 6) is 1.60. The van der Waals surface area contributed by atoms with Crippen LogP contribution in [-0.4, -0.2) is 17.1 Å². The average Bonchev–Trinajstić information content (AvgIpc) is 2.48. The van der Waals surface area contributed by atoms with Gasteiger partial charge in [-0.1, -0.05) is 46.2 Å². The Labute approximate surface area is 154 Å². The highest BCUT2D eigenvalue weighted by Gasteiger charge is 2.24. The number of benzene rings is 1. The first-order valence-corrected chi connectivity index (χ1v) is 8.71. The first-order valence-electron chi connectivity index (χ1n) is 8.33. The van der Waals surface area contributed by atoms with Gasteiger partial charge in [-0.15, -0.1) is 0 Å². The molecule has 0 saturated heterocycles. The summed E-state index contributed by atoms with van der Waals surface area (Å²) in [5, 5.41) is 0.578. The van der Waals surface area contributed by atoms with Crippen molar-refractivity contribution in [2.45, 2.75) is 52.4 Å². The Morgan fingerprint density at radius 1 is 1.16 bits per heavy atom. The summed E-state index contributed by atoms with van der Waals surface area (Å²) in [4.78, 5) is 8.62. The Balaban J connectivity index is 2.63. The molecule has 25 heavy (non-hydrogen) atoms. The molecule has 0 saturated carbocycles. The Morgan fingerprint density at radius 3 is 2.32 bits per heavy atom. The first-order chi connectivity index (χ1) is 11.5. The molecule has 6 heteroatoms. The van der Waals surface area contributed by atoms with Gasteiger partial charge in [-0.3, -0.25) is 0 Å². The van der Waals surface area contributed by atoms with Crippen LogP contribution in [0.4, 0.5) is 11.8 Å². The minimum Gasteiger partial charge on any atom is -0.495 e. The second kappa shape index (κ2) is 7.08. The van der Waals surface area contributed by atoms with Gasteiger partial charge in [0.05, 0.1) is 17.8 Å². The minimum absolute atomic E-state index is 0.197. The van der Waals surface area contributed by atoms with Crippen LogP contribution in [0.15, 0.2) is 12.1 Å². The van der Waals surface area contributed by atoms with Gasteiger partial charge in [-0.25, -0.2) is 4.98 Å². The second-order valence-corrected chi connectivity index (χ2v) is 7.97. The molecule has 0 aliphatic rings. The van der Waals surface area contributed by atoms with E-state index in [2.05, 4.69) is 44.6 Å². The molecular formula is C19H27ClN4O. The normalized spacial score (nSPS) is 11.8. The second-order valence-electron chi connectivity index (χ2n) is 7.56. The fourth-order valence-corrected chi connectivity index (χ4v) is 3.23. The standard InChI is InChI=1S/C19H27ClN4O/c1-10(2)12-9-15(25-6)14(20)8-11(12)7-13-16(19(3,4)5)23-18(22)24-17(13)21/h8-10H,7H2,1-6H3,(H4,21,22,23,24). The van der Waals surface area contributed by atoms with Crippen molar-refractivity contribution in [2.75, 3.05) is 18.6 Å². The molecule has 0 atom stereocenters. The Hall–Kier alpha value is -2.01. The summed E-state index contributed by atoms with van der Waals surface area (Å²) < 4.78 is 5.36. The number of nitrogens with two attached hydrogens (primary N) is 2. The molecule has 0 aliphatic carbocycles. The predicted molar refractivity (Wildman–Crippen MR) is 104 cm³/mol. The van der Waals surface area contributed by atoms with Gasteiger partial charge in [-0.2, -0.15) is 4.98 Å². The van der Waals surface area contributed by atoms with E-state index in [1.54, 1.807) is 7.11 Å². The highest BCUT2D eigenvalue weighted by molar-refractivity contribution is 6.32. The van der Waals surface area contributed by atoms with E-state index in [4.69, 9.17) is 27.8 Å². The number of halogens is 1. The third-order valence-electron chi connectivity index (χ3n) is 4.17. The molecule has 0 amide bonds. The van der Waals surface area contributed by atoms with Gasteiger partial charge in [0, 0.05) is 17.4 Å². The van der Waals surface area contributed by atoms with Crippen LogP contribution in [0.25, 0.3) is 0 Å². The van der Waals surface area contributed by atoms with Gasteiger partial charge in [0.15, 0.2) is 0 Å². The maximum absolute atomic E-state index is 6.36. The number of aromatic nitrogens is 2. The zero-order valence-electron chi connectivity index (χ0n) is 15.8. The molecule has 0 radical (unpaired) electrons. The van der Waals surface area contributed by atoms with E-state index >= 15 is 0 Å². The van der Waals surface area contributed by atoms with E-state index in [1.807, 2.05) is 12.1 Å². The number of hydrogen-bond acceptors (Lipinski definition) is 5. The van der Waals surface area contributed by atoms with Gasteiger partial charge in [0.1, 0.15) is 11.6 Å². The first kappa shape index (κ1) is 19.3. The fraction of sp³-hybridized carbons (Fsp3) is 0.474. The molecule has 5 nitrogen and oxygen atoms in total. The number of rotatable bonds is 4. The molecule has 136 valence electrons. The zero-order valence-corrected chi connectivity index (χ0v) is 16.5. The zero-order chi connectivity index (χ0) is 18.9. The fourth-order valence-electron chi connectivity index (χ4n) is 2.96. The third kappa shape index (κ3) is 4.15. The lowest BCUT2D eigenvalue weighted by atomic mass is 9.85.